The van der Waals surface area contributed by atoms with E-state index in [1.807, 2.05) is 91.0 Å². The summed E-state index contributed by atoms with van der Waals surface area (Å²) >= 11 is 0. The summed E-state index contributed by atoms with van der Waals surface area (Å²) in [7, 11) is 0. The van der Waals surface area contributed by atoms with Crippen molar-refractivity contribution in [2.75, 3.05) is 4.90 Å². The molecule has 1 spiro atoms. The molecule has 8 rings (SSSR count). The molecule has 16 heteroatoms. The molecule has 12 nitrogen and oxygen atoms in total. The van der Waals surface area contributed by atoms with Gasteiger partial charge < -0.3 is 4.90 Å². The Labute approximate surface area is 378 Å². The number of alkyl halides is 3. The van der Waals surface area contributed by atoms with Gasteiger partial charge in [-0.05, 0) is 60.9 Å². The van der Waals surface area contributed by atoms with Gasteiger partial charge >= 0.3 is 12.2 Å². The zero-order chi connectivity index (χ0) is 46.3. The topological polar surface area (TPSA) is 146 Å². The number of anilines is 1. The summed E-state index contributed by atoms with van der Waals surface area (Å²) in [5.41, 5.74) is 1.40. The molecule has 2 aliphatic rings. The number of halogens is 4. The summed E-state index contributed by atoms with van der Waals surface area (Å²) in [6, 6.07) is 35.0. The van der Waals surface area contributed by atoms with Crippen molar-refractivity contribution in [3.05, 3.63) is 167 Å². The molecule has 1 saturated carbocycles. The van der Waals surface area contributed by atoms with Gasteiger partial charge in [0.2, 0.25) is 5.91 Å². The molecule has 1 saturated heterocycles. The highest BCUT2D eigenvalue weighted by Crippen LogP contribution is 2.47. The molecule has 0 radical (unpaired) electrons. The highest BCUT2D eigenvalue weighted by Gasteiger charge is 2.61. The van der Waals surface area contributed by atoms with E-state index >= 15 is 4.39 Å². The highest BCUT2D eigenvalue weighted by molar-refractivity contribution is 6.23. The Hall–Kier alpha value is -7.25. The van der Waals surface area contributed by atoms with Crippen molar-refractivity contribution in [1.29, 1.82) is 5.26 Å². The average Bonchev–Trinajstić information content (AvgIpc) is 3.88. The van der Waals surface area contributed by atoms with Gasteiger partial charge in [0.25, 0.3) is 5.91 Å². The van der Waals surface area contributed by atoms with Crippen molar-refractivity contribution in [3.8, 4) is 17.3 Å². The van der Waals surface area contributed by atoms with E-state index in [2.05, 4.69) is 20.8 Å². The highest BCUT2D eigenvalue weighted by atomic mass is 19.4. The van der Waals surface area contributed by atoms with Gasteiger partial charge in [-0.2, -0.15) is 18.4 Å². The largest absolute Gasteiger partial charge is 0.419 e. The summed E-state index contributed by atoms with van der Waals surface area (Å²) in [4.78, 5) is 52.3. The number of hydrogen-bond acceptors (Lipinski definition) is 8. The number of unbranched alkanes of at least 4 members (excludes halogenated alkanes) is 5. The monoisotopic (exact) mass is 898 g/mol. The second-order valence-corrected chi connectivity index (χ2v) is 16.5. The molecule has 2 aromatic heterocycles. The first kappa shape index (κ1) is 45.3. The third kappa shape index (κ3) is 9.16. The fraction of sp³-hybridized carbons (Fsp3) is 0.300. The van der Waals surface area contributed by atoms with Crippen molar-refractivity contribution >= 4 is 23.5 Å². The van der Waals surface area contributed by atoms with E-state index in [-0.39, 0.29) is 30.9 Å². The number of rotatable bonds is 18. The molecule has 1 aliphatic carbocycles. The van der Waals surface area contributed by atoms with Crippen LogP contribution in [0.3, 0.4) is 0 Å². The summed E-state index contributed by atoms with van der Waals surface area (Å²) in [6.07, 6.45) is 4.39. The van der Waals surface area contributed by atoms with Crippen molar-refractivity contribution in [1.82, 2.24) is 30.4 Å². The minimum absolute atomic E-state index is 0.111. The lowest BCUT2D eigenvalue weighted by Crippen LogP contribution is -2.54. The van der Waals surface area contributed by atoms with Crippen LogP contribution in [0, 0.1) is 17.1 Å². The van der Waals surface area contributed by atoms with Crippen LogP contribution >= 0.6 is 0 Å². The third-order valence-corrected chi connectivity index (χ3v) is 12.4. The van der Waals surface area contributed by atoms with Gasteiger partial charge in [0.05, 0.1) is 30.2 Å². The molecular formula is C50H46F4N8O4. The first-order valence-corrected chi connectivity index (χ1v) is 21.9. The van der Waals surface area contributed by atoms with Crippen LogP contribution < -0.4 is 10.4 Å². The fourth-order valence-corrected chi connectivity index (χ4v) is 8.73. The predicted octanol–water partition coefficient (Wildman–Crippen LogP) is 10.0. The molecule has 6 aromatic rings. The number of nitriles is 1. The van der Waals surface area contributed by atoms with Crippen LogP contribution in [0.2, 0.25) is 0 Å². The Bertz CT molecular complexity index is 2630. The summed E-state index contributed by atoms with van der Waals surface area (Å²) in [5, 5.41) is 17.6. The fourth-order valence-electron chi connectivity index (χ4n) is 8.73. The van der Waals surface area contributed by atoms with Crippen LogP contribution in [0.25, 0.3) is 11.3 Å². The molecule has 0 bridgehead atoms. The van der Waals surface area contributed by atoms with Crippen LogP contribution in [0.5, 0.6) is 0 Å². The molecule has 0 unspecified atom stereocenters. The summed E-state index contributed by atoms with van der Waals surface area (Å²) < 4.78 is 58.5. The Morgan fingerprint density at radius 3 is 1.98 bits per heavy atom. The molecule has 66 heavy (non-hydrogen) atoms. The number of amides is 4. The minimum atomic E-state index is -4.95. The minimum Gasteiger partial charge on any atom is -0.305 e. The maximum Gasteiger partial charge on any atom is 0.419 e. The van der Waals surface area contributed by atoms with E-state index in [0.717, 1.165) is 55.0 Å². The molecule has 4 aromatic carbocycles. The van der Waals surface area contributed by atoms with E-state index in [4.69, 9.17) is 10.1 Å². The Morgan fingerprint density at radius 2 is 1.42 bits per heavy atom. The number of carbonyl (C=O) groups is 3. The molecule has 338 valence electrons. The predicted molar refractivity (Wildman–Crippen MR) is 235 cm³/mol. The van der Waals surface area contributed by atoms with Crippen LogP contribution in [0.15, 0.2) is 128 Å². The van der Waals surface area contributed by atoms with Crippen LogP contribution in [-0.4, -0.2) is 48.3 Å². The number of benzene rings is 4. The lowest BCUT2D eigenvalue weighted by molar-refractivity contribution is -0.143. The zero-order valence-electron chi connectivity index (χ0n) is 35.9. The van der Waals surface area contributed by atoms with Gasteiger partial charge in [-0.1, -0.05) is 134 Å². The molecular weight excluding hydrogens is 853 g/mol. The average molecular weight is 899 g/mol. The molecule has 3 heterocycles. The standard InChI is InChI=1S/C50H46F4N8O4/c51-42-29-35(24-25-36(42)33-61-47(65)62(46(64)48(61)26-16-27-48)40-30-41(50(52,53)54)43(31-55)56-32-40)44-34-60(59-57-44)28-15-4-2-1-3-14-23-45(63)58-66-49(37-17-8-5-9-18-37,38-19-10-6-11-20-38)39-21-12-7-13-22-39/h5-13,17-22,24-25,29-30,32,34H,1-4,14-16,23,26-28,33H2,(H,58,63). The molecule has 1 aliphatic heterocycles. The normalized spacial score (nSPS) is 14.7. The maximum atomic E-state index is 15.7. The van der Waals surface area contributed by atoms with Crippen LogP contribution in [-0.2, 0) is 39.3 Å². The maximum absolute atomic E-state index is 15.7. The zero-order valence-corrected chi connectivity index (χ0v) is 35.9. The number of nitrogens with zero attached hydrogens (tertiary/aromatic N) is 7. The number of urea groups is 1. The van der Waals surface area contributed by atoms with Crippen molar-refractivity contribution in [2.24, 2.45) is 0 Å². The molecule has 4 amide bonds. The van der Waals surface area contributed by atoms with Gasteiger partial charge in [0.15, 0.2) is 11.3 Å². The van der Waals surface area contributed by atoms with Gasteiger partial charge in [-0.25, -0.2) is 24.5 Å². The van der Waals surface area contributed by atoms with Crippen molar-refractivity contribution < 1.29 is 36.8 Å². The number of aromatic nitrogens is 4. The van der Waals surface area contributed by atoms with E-state index in [0.29, 0.717) is 48.0 Å². The number of aryl methyl sites for hydroxylation is 1. The van der Waals surface area contributed by atoms with Gasteiger partial charge in [0, 0.05) is 24.1 Å². The van der Waals surface area contributed by atoms with E-state index in [1.54, 1.807) is 16.9 Å². The number of pyridine rings is 1. The quantitative estimate of drug-likeness (QED) is 0.0295. The summed E-state index contributed by atoms with van der Waals surface area (Å²) in [6.45, 7) is 0.304. The van der Waals surface area contributed by atoms with Gasteiger partial charge in [-0.15, -0.1) is 5.10 Å². The number of hydrogen-bond donors (Lipinski definition) is 1. The molecule has 2 fully saturated rings. The molecule has 0 atom stereocenters. The first-order valence-electron chi connectivity index (χ1n) is 21.9. The van der Waals surface area contributed by atoms with E-state index in [9.17, 15) is 27.6 Å². The Morgan fingerprint density at radius 1 is 0.818 bits per heavy atom. The van der Waals surface area contributed by atoms with Gasteiger partial charge in [-0.3, -0.25) is 19.1 Å². The summed E-state index contributed by atoms with van der Waals surface area (Å²) in [5.74, 6) is -1.57. The number of hydroxylamine groups is 1. The third-order valence-electron chi connectivity index (χ3n) is 12.4. The van der Waals surface area contributed by atoms with Crippen LogP contribution in [0.1, 0.15) is 97.7 Å². The Balaban J connectivity index is 0.799. The lowest BCUT2D eigenvalue weighted by atomic mass is 9.75. The smallest absolute Gasteiger partial charge is 0.305 e. The van der Waals surface area contributed by atoms with Crippen molar-refractivity contribution in [3.63, 3.8) is 0 Å². The van der Waals surface area contributed by atoms with Crippen molar-refractivity contribution in [2.45, 2.75) is 94.6 Å². The number of imide groups is 1. The van der Waals surface area contributed by atoms with E-state index < -0.39 is 52.0 Å². The second kappa shape index (κ2) is 19.5. The first-order chi connectivity index (χ1) is 31.9. The number of carbonyl (C=O) groups excluding carboxylic acids is 3. The number of nitrogens with one attached hydrogen (secondary N) is 1. The van der Waals surface area contributed by atoms with Crippen LogP contribution in [0.4, 0.5) is 28.0 Å². The Kier molecular flexibility index (Phi) is 13.4. The van der Waals surface area contributed by atoms with E-state index in [1.165, 1.54) is 23.1 Å². The van der Waals surface area contributed by atoms with Gasteiger partial charge in [0.1, 0.15) is 23.1 Å². The lowest BCUT2D eigenvalue weighted by Gasteiger charge is -2.42. The SMILES string of the molecule is N#Cc1ncc(N2C(=O)N(Cc3ccc(-c4cn(CCCCCCCCC(=O)NOC(c5ccccc5)(c5ccccc5)c5ccccc5)nn4)cc3F)C3(CCC3)C2=O)cc1C(F)(F)F. The second-order valence-electron chi connectivity index (χ2n) is 16.5. The molecule has 1 N–H and O–H groups in total.